The normalized spacial score (nSPS) is 22.4. The van der Waals surface area contributed by atoms with Crippen LogP contribution in [0.15, 0.2) is 22.7 Å². The number of hydrogen-bond acceptors (Lipinski definition) is 3. The maximum atomic E-state index is 5.97. The second kappa shape index (κ2) is 6.04. The van der Waals surface area contributed by atoms with Gasteiger partial charge in [-0.15, -0.1) is 0 Å². The van der Waals surface area contributed by atoms with Crippen molar-refractivity contribution in [1.82, 2.24) is 5.32 Å². The van der Waals surface area contributed by atoms with Crippen molar-refractivity contribution in [2.24, 2.45) is 5.41 Å². The van der Waals surface area contributed by atoms with E-state index in [1.165, 1.54) is 24.8 Å². The fraction of sp³-hybridized carbons (Fsp3) is 0.625. The lowest BCUT2D eigenvalue weighted by Gasteiger charge is -2.17. The molecule has 1 atom stereocenters. The van der Waals surface area contributed by atoms with Gasteiger partial charge in [-0.2, -0.15) is 0 Å². The van der Waals surface area contributed by atoms with Crippen LogP contribution in [0, 0.1) is 5.41 Å². The molecule has 1 fully saturated rings. The summed E-state index contributed by atoms with van der Waals surface area (Å²) >= 11 is 3.51. The van der Waals surface area contributed by atoms with Gasteiger partial charge in [-0.25, -0.2) is 0 Å². The van der Waals surface area contributed by atoms with E-state index in [4.69, 9.17) is 9.47 Å². The third kappa shape index (κ3) is 3.35. The van der Waals surface area contributed by atoms with Crippen molar-refractivity contribution in [3.63, 3.8) is 0 Å². The van der Waals surface area contributed by atoms with Gasteiger partial charge in [-0.3, -0.25) is 0 Å². The molecule has 1 aliphatic heterocycles. The molecule has 0 aromatic heterocycles. The molecule has 20 heavy (non-hydrogen) atoms. The molecule has 2 aliphatic rings. The van der Waals surface area contributed by atoms with Crippen LogP contribution >= 0.6 is 15.9 Å². The smallest absolute Gasteiger partial charge is 0.123 e. The van der Waals surface area contributed by atoms with Crippen LogP contribution in [-0.2, 0) is 11.2 Å². The summed E-state index contributed by atoms with van der Waals surface area (Å²) in [7, 11) is 1.78. The number of halogens is 1. The molecule has 3 nitrogen and oxygen atoms in total. The third-order valence-corrected chi connectivity index (χ3v) is 4.92. The van der Waals surface area contributed by atoms with Crippen LogP contribution in [0.25, 0.3) is 0 Å². The average molecular weight is 340 g/mol. The van der Waals surface area contributed by atoms with Gasteiger partial charge in [-0.1, -0.05) is 15.9 Å². The molecule has 1 aromatic carbocycles. The summed E-state index contributed by atoms with van der Waals surface area (Å²) in [5.74, 6) is 1.04. The molecule has 0 amide bonds. The maximum absolute atomic E-state index is 5.97. The maximum Gasteiger partial charge on any atom is 0.123 e. The SMILES string of the molecule is COCCC1(CNCC2Cc3cc(Br)ccc3O2)CC1. The highest BCUT2D eigenvalue weighted by atomic mass is 79.9. The summed E-state index contributed by atoms with van der Waals surface area (Å²) in [6.07, 6.45) is 5.13. The van der Waals surface area contributed by atoms with Gasteiger partial charge < -0.3 is 14.8 Å². The Morgan fingerprint density at radius 3 is 3.05 bits per heavy atom. The van der Waals surface area contributed by atoms with Crippen LogP contribution < -0.4 is 10.1 Å². The van der Waals surface area contributed by atoms with Gasteiger partial charge in [0.2, 0.25) is 0 Å². The lowest BCUT2D eigenvalue weighted by molar-refractivity contribution is 0.168. The lowest BCUT2D eigenvalue weighted by atomic mass is 10.0. The first kappa shape index (κ1) is 14.4. The van der Waals surface area contributed by atoms with Crippen LogP contribution in [0.4, 0.5) is 0 Å². The Kier molecular flexibility index (Phi) is 4.34. The van der Waals surface area contributed by atoms with Crippen molar-refractivity contribution in [3.05, 3.63) is 28.2 Å². The average Bonchev–Trinajstić information content (AvgIpc) is 3.08. The van der Waals surface area contributed by atoms with E-state index in [0.717, 1.165) is 36.3 Å². The molecule has 1 saturated carbocycles. The van der Waals surface area contributed by atoms with Crippen molar-refractivity contribution >= 4 is 15.9 Å². The van der Waals surface area contributed by atoms with E-state index in [0.29, 0.717) is 5.41 Å². The second-order valence-corrected chi connectivity index (χ2v) is 6.99. The summed E-state index contributed by atoms with van der Waals surface area (Å²) in [6, 6.07) is 6.26. The Bertz CT molecular complexity index is 474. The fourth-order valence-corrected chi connectivity index (χ4v) is 3.32. The molecule has 0 bridgehead atoms. The monoisotopic (exact) mass is 339 g/mol. The largest absolute Gasteiger partial charge is 0.488 e. The Morgan fingerprint density at radius 1 is 1.45 bits per heavy atom. The molecule has 1 unspecified atom stereocenters. The molecule has 4 heteroatoms. The summed E-state index contributed by atoms with van der Waals surface area (Å²) < 4.78 is 12.3. The molecule has 1 N–H and O–H groups in total. The van der Waals surface area contributed by atoms with Gasteiger partial charge in [-0.05, 0) is 48.4 Å². The summed E-state index contributed by atoms with van der Waals surface area (Å²) in [5, 5.41) is 3.60. The Balaban J connectivity index is 1.43. The number of nitrogens with one attached hydrogen (secondary N) is 1. The zero-order valence-electron chi connectivity index (χ0n) is 12.0. The highest BCUT2D eigenvalue weighted by Gasteiger charge is 2.41. The summed E-state index contributed by atoms with van der Waals surface area (Å²) in [5.41, 5.74) is 1.82. The van der Waals surface area contributed by atoms with E-state index in [9.17, 15) is 0 Å². The van der Waals surface area contributed by atoms with Gasteiger partial charge in [0.1, 0.15) is 11.9 Å². The number of methoxy groups -OCH3 is 1. The van der Waals surface area contributed by atoms with Crippen LogP contribution in [0.3, 0.4) is 0 Å². The summed E-state index contributed by atoms with van der Waals surface area (Å²) in [6.45, 7) is 2.90. The topological polar surface area (TPSA) is 30.5 Å². The van der Waals surface area contributed by atoms with Gasteiger partial charge in [0.25, 0.3) is 0 Å². The first-order valence-electron chi connectivity index (χ1n) is 7.36. The predicted octanol–water partition coefficient (Wildman–Crippen LogP) is 3.16. The van der Waals surface area contributed by atoms with E-state index < -0.39 is 0 Å². The molecule has 0 radical (unpaired) electrons. The van der Waals surface area contributed by atoms with E-state index in [-0.39, 0.29) is 6.10 Å². The number of hydrogen-bond donors (Lipinski definition) is 1. The Labute approximate surface area is 129 Å². The van der Waals surface area contributed by atoms with Crippen LogP contribution in [-0.4, -0.2) is 32.9 Å². The quantitative estimate of drug-likeness (QED) is 0.827. The Hall–Kier alpha value is -0.580. The van der Waals surface area contributed by atoms with E-state index in [1.807, 2.05) is 6.07 Å². The molecule has 3 rings (SSSR count). The van der Waals surface area contributed by atoms with E-state index in [2.05, 4.69) is 33.4 Å². The van der Waals surface area contributed by atoms with Gasteiger partial charge in [0, 0.05) is 37.7 Å². The zero-order chi connectivity index (χ0) is 14.0. The van der Waals surface area contributed by atoms with Crippen LogP contribution in [0.1, 0.15) is 24.8 Å². The molecule has 1 aromatic rings. The minimum Gasteiger partial charge on any atom is -0.488 e. The first-order valence-corrected chi connectivity index (χ1v) is 8.15. The number of benzene rings is 1. The van der Waals surface area contributed by atoms with E-state index >= 15 is 0 Å². The first-order chi connectivity index (χ1) is 9.71. The second-order valence-electron chi connectivity index (χ2n) is 6.07. The van der Waals surface area contributed by atoms with E-state index in [1.54, 1.807) is 7.11 Å². The van der Waals surface area contributed by atoms with Crippen molar-refractivity contribution < 1.29 is 9.47 Å². The number of fused-ring (bicyclic) bond motifs is 1. The Morgan fingerprint density at radius 2 is 2.30 bits per heavy atom. The molecule has 0 saturated heterocycles. The predicted molar refractivity (Wildman–Crippen MR) is 83.3 cm³/mol. The summed E-state index contributed by atoms with van der Waals surface area (Å²) in [4.78, 5) is 0. The highest BCUT2D eigenvalue weighted by Crippen LogP contribution is 2.48. The lowest BCUT2D eigenvalue weighted by Crippen LogP contribution is -2.34. The number of ether oxygens (including phenoxy) is 2. The highest BCUT2D eigenvalue weighted by molar-refractivity contribution is 9.10. The number of rotatable bonds is 7. The van der Waals surface area contributed by atoms with Gasteiger partial charge in [0.05, 0.1) is 0 Å². The molecule has 1 aliphatic carbocycles. The molecular weight excluding hydrogens is 318 g/mol. The van der Waals surface area contributed by atoms with Crippen LogP contribution in [0.5, 0.6) is 5.75 Å². The third-order valence-electron chi connectivity index (χ3n) is 4.43. The molecule has 110 valence electrons. The molecular formula is C16H22BrNO2. The fourth-order valence-electron chi connectivity index (χ4n) is 2.91. The molecule has 0 spiro atoms. The van der Waals surface area contributed by atoms with Crippen molar-refractivity contribution in [2.45, 2.75) is 31.8 Å². The van der Waals surface area contributed by atoms with Crippen molar-refractivity contribution in [1.29, 1.82) is 0 Å². The zero-order valence-corrected chi connectivity index (χ0v) is 13.5. The standard InChI is InChI=1S/C16H22BrNO2/c1-19-7-6-16(4-5-16)11-18-10-14-9-12-8-13(17)2-3-15(12)20-14/h2-3,8,14,18H,4-7,9-11H2,1H3. The molecule has 1 heterocycles. The minimum atomic E-state index is 0.275. The van der Waals surface area contributed by atoms with Gasteiger partial charge in [0.15, 0.2) is 0 Å². The van der Waals surface area contributed by atoms with Crippen molar-refractivity contribution in [3.8, 4) is 5.75 Å². The van der Waals surface area contributed by atoms with Gasteiger partial charge >= 0.3 is 0 Å². The van der Waals surface area contributed by atoms with Crippen LogP contribution in [0.2, 0.25) is 0 Å². The van der Waals surface area contributed by atoms with Crippen molar-refractivity contribution in [2.75, 3.05) is 26.8 Å². The minimum absolute atomic E-state index is 0.275.